The monoisotopic (exact) mass is 557 g/mol. The summed E-state index contributed by atoms with van der Waals surface area (Å²) in [7, 11) is 0. The summed E-state index contributed by atoms with van der Waals surface area (Å²) >= 11 is 0. The molecule has 7 nitrogen and oxygen atoms in total. The number of amides is 1. The molecule has 1 aromatic heterocycles. The molecule has 1 N–H and O–H groups in total. The van der Waals surface area contributed by atoms with Crippen LogP contribution in [0.1, 0.15) is 12.0 Å². The summed E-state index contributed by atoms with van der Waals surface area (Å²) in [6.07, 6.45) is 3.25. The highest BCUT2D eigenvalue weighted by molar-refractivity contribution is 5.92. The lowest BCUT2D eigenvalue weighted by atomic mass is 10.0. The van der Waals surface area contributed by atoms with E-state index in [-0.39, 0.29) is 5.91 Å². The van der Waals surface area contributed by atoms with E-state index in [4.69, 9.17) is 14.7 Å². The number of anilines is 2. The fourth-order valence-corrected chi connectivity index (χ4v) is 5.26. The molecule has 212 valence electrons. The molecule has 4 aromatic carbocycles. The van der Waals surface area contributed by atoms with Gasteiger partial charge in [0.1, 0.15) is 11.6 Å². The van der Waals surface area contributed by atoms with E-state index in [0.717, 1.165) is 90.7 Å². The van der Waals surface area contributed by atoms with Gasteiger partial charge in [-0.05, 0) is 59.5 Å². The van der Waals surface area contributed by atoms with Gasteiger partial charge in [-0.3, -0.25) is 14.7 Å². The summed E-state index contributed by atoms with van der Waals surface area (Å²) in [5.41, 5.74) is 5.67. The van der Waals surface area contributed by atoms with E-state index in [0.29, 0.717) is 6.42 Å². The standard InChI is InChI=1S/C35H35N5O2/c41-35(24-27-8-3-1-4-9-27)37-30-15-12-28(13-16-30)29-14-17-32-33(25-29)38-34(26-36-32)40-21-19-39(20-22-40)18-7-23-42-31-10-5-2-6-11-31/h1-6,8-17,25-26H,7,18-24H2,(H,37,41). The van der Waals surface area contributed by atoms with Crippen LogP contribution in [0.5, 0.6) is 5.75 Å². The van der Waals surface area contributed by atoms with Gasteiger partial charge in [-0.25, -0.2) is 4.98 Å². The van der Waals surface area contributed by atoms with Crippen molar-refractivity contribution in [3.63, 3.8) is 0 Å². The van der Waals surface area contributed by atoms with Crippen LogP contribution in [0.15, 0.2) is 109 Å². The summed E-state index contributed by atoms with van der Waals surface area (Å²) in [5.74, 6) is 1.82. The highest BCUT2D eigenvalue weighted by Crippen LogP contribution is 2.26. The van der Waals surface area contributed by atoms with E-state index in [1.165, 1.54) is 0 Å². The van der Waals surface area contributed by atoms with E-state index < -0.39 is 0 Å². The molecule has 1 aliphatic rings. The number of nitrogens with one attached hydrogen (secondary N) is 1. The van der Waals surface area contributed by atoms with Gasteiger partial charge in [0.15, 0.2) is 0 Å². The molecule has 7 heteroatoms. The van der Waals surface area contributed by atoms with Gasteiger partial charge in [-0.1, -0.05) is 66.7 Å². The van der Waals surface area contributed by atoms with Crippen LogP contribution in [0.4, 0.5) is 11.5 Å². The van der Waals surface area contributed by atoms with Gasteiger partial charge in [0, 0.05) is 38.4 Å². The third-order valence-corrected chi connectivity index (χ3v) is 7.57. The maximum absolute atomic E-state index is 12.4. The van der Waals surface area contributed by atoms with Crippen LogP contribution in [0.2, 0.25) is 0 Å². The SMILES string of the molecule is O=C(Cc1ccccc1)Nc1ccc(-c2ccc3ncc(N4CCN(CCCOc5ccccc5)CC4)nc3c2)cc1. The molecule has 5 aromatic rings. The van der Waals surface area contributed by atoms with Gasteiger partial charge >= 0.3 is 0 Å². The van der Waals surface area contributed by atoms with Gasteiger partial charge in [-0.2, -0.15) is 0 Å². The second-order valence-electron chi connectivity index (χ2n) is 10.6. The summed E-state index contributed by atoms with van der Waals surface area (Å²) < 4.78 is 5.84. The number of para-hydroxylation sites is 1. The van der Waals surface area contributed by atoms with Crippen molar-refractivity contribution in [1.29, 1.82) is 0 Å². The van der Waals surface area contributed by atoms with Crippen LogP contribution in [-0.2, 0) is 11.2 Å². The topological polar surface area (TPSA) is 70.6 Å². The number of piperazine rings is 1. The molecular weight excluding hydrogens is 522 g/mol. The molecule has 1 amide bonds. The predicted octanol–water partition coefficient (Wildman–Crippen LogP) is 6.07. The molecule has 0 aliphatic carbocycles. The Balaban J connectivity index is 1.03. The summed E-state index contributed by atoms with van der Waals surface area (Å²) in [6, 6.07) is 33.9. The van der Waals surface area contributed by atoms with Gasteiger partial charge in [-0.15, -0.1) is 0 Å². The number of benzene rings is 4. The third kappa shape index (κ3) is 7.11. The van der Waals surface area contributed by atoms with Crippen molar-refractivity contribution in [2.45, 2.75) is 12.8 Å². The largest absolute Gasteiger partial charge is 0.494 e. The highest BCUT2D eigenvalue weighted by Gasteiger charge is 2.18. The third-order valence-electron chi connectivity index (χ3n) is 7.57. The minimum atomic E-state index is -0.0274. The Labute approximate surface area is 246 Å². The van der Waals surface area contributed by atoms with Crippen molar-refractivity contribution in [3.05, 3.63) is 115 Å². The van der Waals surface area contributed by atoms with E-state index in [2.05, 4.69) is 27.2 Å². The fraction of sp³-hybridized carbons (Fsp3) is 0.229. The number of carbonyl (C=O) groups is 1. The lowest BCUT2D eigenvalue weighted by molar-refractivity contribution is -0.115. The second kappa shape index (κ2) is 13.3. The smallest absolute Gasteiger partial charge is 0.228 e. The Bertz CT molecular complexity index is 1600. The molecule has 0 radical (unpaired) electrons. The van der Waals surface area contributed by atoms with E-state index >= 15 is 0 Å². The number of hydrogen-bond acceptors (Lipinski definition) is 6. The molecule has 1 fully saturated rings. The second-order valence-corrected chi connectivity index (χ2v) is 10.6. The van der Waals surface area contributed by atoms with Crippen molar-refractivity contribution >= 4 is 28.4 Å². The van der Waals surface area contributed by atoms with Crippen molar-refractivity contribution in [2.24, 2.45) is 0 Å². The number of fused-ring (bicyclic) bond motifs is 1. The van der Waals surface area contributed by atoms with E-state index in [1.54, 1.807) is 0 Å². The maximum atomic E-state index is 12.4. The minimum absolute atomic E-state index is 0.0274. The molecule has 6 rings (SSSR count). The molecule has 0 saturated carbocycles. The van der Waals surface area contributed by atoms with Gasteiger partial charge in [0.2, 0.25) is 5.91 Å². The highest BCUT2D eigenvalue weighted by atomic mass is 16.5. The van der Waals surface area contributed by atoms with Crippen LogP contribution in [-0.4, -0.2) is 60.1 Å². The zero-order valence-electron chi connectivity index (χ0n) is 23.7. The Morgan fingerprint density at radius 3 is 2.26 bits per heavy atom. The van der Waals surface area contributed by atoms with Gasteiger partial charge in [0.05, 0.1) is 30.3 Å². The lowest BCUT2D eigenvalue weighted by Crippen LogP contribution is -2.47. The molecule has 1 saturated heterocycles. The van der Waals surface area contributed by atoms with Gasteiger partial charge in [0.25, 0.3) is 0 Å². The molecule has 42 heavy (non-hydrogen) atoms. The van der Waals surface area contributed by atoms with E-state index in [9.17, 15) is 4.79 Å². The number of carbonyl (C=O) groups excluding carboxylic acids is 1. The summed E-state index contributed by atoms with van der Waals surface area (Å²) in [6.45, 7) is 5.61. The Morgan fingerprint density at radius 2 is 1.50 bits per heavy atom. The number of aromatic nitrogens is 2. The first kappa shape index (κ1) is 27.4. The molecule has 0 bridgehead atoms. The van der Waals surface area contributed by atoms with Crippen LogP contribution in [0.3, 0.4) is 0 Å². The average Bonchev–Trinajstić information content (AvgIpc) is 3.04. The van der Waals surface area contributed by atoms with E-state index in [1.807, 2.05) is 97.2 Å². The summed E-state index contributed by atoms with van der Waals surface area (Å²) in [4.78, 5) is 26.9. The Morgan fingerprint density at radius 1 is 0.786 bits per heavy atom. The molecule has 0 unspecified atom stereocenters. The molecule has 1 aliphatic heterocycles. The molecule has 0 spiro atoms. The van der Waals surface area contributed by atoms with Crippen LogP contribution in [0, 0.1) is 0 Å². The van der Waals surface area contributed by atoms with Crippen molar-refractivity contribution in [3.8, 4) is 16.9 Å². The minimum Gasteiger partial charge on any atom is -0.494 e. The van der Waals surface area contributed by atoms with Crippen molar-refractivity contribution in [1.82, 2.24) is 14.9 Å². The normalized spacial score (nSPS) is 13.7. The quantitative estimate of drug-likeness (QED) is 0.210. The summed E-state index contributed by atoms with van der Waals surface area (Å²) in [5, 5.41) is 2.99. The molecule has 0 atom stereocenters. The van der Waals surface area contributed by atoms with Crippen LogP contribution >= 0.6 is 0 Å². The fourth-order valence-electron chi connectivity index (χ4n) is 5.26. The first-order valence-corrected chi connectivity index (χ1v) is 14.6. The molecule has 2 heterocycles. The average molecular weight is 558 g/mol. The van der Waals surface area contributed by atoms with Crippen molar-refractivity contribution in [2.75, 3.05) is 49.5 Å². The first-order valence-electron chi connectivity index (χ1n) is 14.6. The maximum Gasteiger partial charge on any atom is 0.228 e. The number of ether oxygens (including phenoxy) is 1. The first-order chi connectivity index (χ1) is 20.7. The lowest BCUT2D eigenvalue weighted by Gasteiger charge is -2.35. The zero-order valence-corrected chi connectivity index (χ0v) is 23.7. The predicted molar refractivity (Wildman–Crippen MR) is 169 cm³/mol. The Hall–Kier alpha value is -4.75. The zero-order chi connectivity index (χ0) is 28.6. The van der Waals surface area contributed by atoms with Crippen molar-refractivity contribution < 1.29 is 9.53 Å². The van der Waals surface area contributed by atoms with Crippen LogP contribution < -0.4 is 15.0 Å². The Kier molecular flexibility index (Phi) is 8.67. The number of rotatable bonds is 10. The number of hydrogen-bond donors (Lipinski definition) is 1. The number of nitrogens with zero attached hydrogens (tertiary/aromatic N) is 4. The van der Waals surface area contributed by atoms with Crippen LogP contribution in [0.25, 0.3) is 22.2 Å². The molecular formula is C35H35N5O2. The van der Waals surface area contributed by atoms with Gasteiger partial charge < -0.3 is 15.0 Å².